The van der Waals surface area contributed by atoms with Crippen LogP contribution >= 0.6 is 23.1 Å². The highest BCUT2D eigenvalue weighted by atomic mass is 32.2. The molecule has 0 spiro atoms. The Kier molecular flexibility index (Phi) is 7.91. The summed E-state index contributed by atoms with van der Waals surface area (Å²) in [4.78, 5) is 29.6. The van der Waals surface area contributed by atoms with Gasteiger partial charge in [-0.25, -0.2) is 0 Å². The molecule has 1 aromatic heterocycles. The van der Waals surface area contributed by atoms with Gasteiger partial charge in [0.25, 0.3) is 0 Å². The van der Waals surface area contributed by atoms with Crippen molar-refractivity contribution in [2.24, 2.45) is 0 Å². The Labute approximate surface area is 156 Å². The molecule has 1 aliphatic rings. The van der Waals surface area contributed by atoms with Crippen LogP contribution in [0, 0.1) is 0 Å². The van der Waals surface area contributed by atoms with Gasteiger partial charge in [0.1, 0.15) is 0 Å². The standard InChI is InChI=1S/C15H26N6O2S2/c1-4-5-16-14-17-18-15(25-14)24-11-13(23)21-8-6-20(7-9-21)10-12(22)19(2)3/h4-11H2,1-3H3,(H,16,17). The first-order valence-corrected chi connectivity index (χ1v) is 10.2. The van der Waals surface area contributed by atoms with Crippen LogP contribution in [-0.2, 0) is 9.59 Å². The summed E-state index contributed by atoms with van der Waals surface area (Å²) in [5.41, 5.74) is 0. The molecule has 0 bridgehead atoms. The first-order valence-electron chi connectivity index (χ1n) is 8.40. The highest BCUT2D eigenvalue weighted by Gasteiger charge is 2.23. The molecule has 1 aromatic rings. The monoisotopic (exact) mass is 386 g/mol. The van der Waals surface area contributed by atoms with Gasteiger partial charge in [-0.05, 0) is 6.42 Å². The predicted molar refractivity (Wildman–Crippen MR) is 101 cm³/mol. The number of rotatable bonds is 8. The van der Waals surface area contributed by atoms with Gasteiger partial charge in [0.15, 0.2) is 4.34 Å². The van der Waals surface area contributed by atoms with E-state index >= 15 is 0 Å². The van der Waals surface area contributed by atoms with E-state index in [2.05, 4.69) is 27.3 Å². The lowest BCUT2D eigenvalue weighted by molar-refractivity contribution is -0.132. The van der Waals surface area contributed by atoms with Crippen LogP contribution in [0.3, 0.4) is 0 Å². The van der Waals surface area contributed by atoms with Crippen molar-refractivity contribution in [3.63, 3.8) is 0 Å². The largest absolute Gasteiger partial charge is 0.360 e. The van der Waals surface area contributed by atoms with E-state index in [0.29, 0.717) is 25.4 Å². The van der Waals surface area contributed by atoms with Gasteiger partial charge in [-0.15, -0.1) is 10.2 Å². The molecule has 140 valence electrons. The summed E-state index contributed by atoms with van der Waals surface area (Å²) in [6, 6.07) is 0. The second-order valence-electron chi connectivity index (χ2n) is 6.03. The number of aromatic nitrogens is 2. The van der Waals surface area contributed by atoms with Crippen LogP contribution in [0.25, 0.3) is 0 Å². The van der Waals surface area contributed by atoms with Gasteiger partial charge in [0.2, 0.25) is 16.9 Å². The first-order chi connectivity index (χ1) is 12.0. The lowest BCUT2D eigenvalue weighted by Crippen LogP contribution is -2.51. The number of carbonyl (C=O) groups excluding carboxylic acids is 2. The summed E-state index contributed by atoms with van der Waals surface area (Å²) in [7, 11) is 3.52. The van der Waals surface area contributed by atoms with E-state index in [1.165, 1.54) is 23.1 Å². The molecule has 0 saturated carbocycles. The third-order valence-electron chi connectivity index (χ3n) is 3.83. The molecule has 2 amide bonds. The molecule has 0 aromatic carbocycles. The second kappa shape index (κ2) is 9.93. The van der Waals surface area contributed by atoms with Crippen LogP contribution in [0.4, 0.5) is 5.13 Å². The zero-order valence-electron chi connectivity index (χ0n) is 15.0. The van der Waals surface area contributed by atoms with Crippen molar-refractivity contribution >= 4 is 40.0 Å². The van der Waals surface area contributed by atoms with E-state index in [0.717, 1.165) is 35.5 Å². The van der Waals surface area contributed by atoms with E-state index in [1.54, 1.807) is 19.0 Å². The molecule has 25 heavy (non-hydrogen) atoms. The van der Waals surface area contributed by atoms with Crippen molar-refractivity contribution in [3.8, 4) is 0 Å². The zero-order chi connectivity index (χ0) is 18.2. The first kappa shape index (κ1) is 19.9. The minimum absolute atomic E-state index is 0.0964. The highest BCUT2D eigenvalue weighted by molar-refractivity contribution is 8.01. The summed E-state index contributed by atoms with van der Waals surface area (Å²) in [5.74, 6) is 0.583. The molecule has 2 heterocycles. The molecule has 0 radical (unpaired) electrons. The van der Waals surface area contributed by atoms with Crippen LogP contribution in [0.15, 0.2) is 4.34 Å². The van der Waals surface area contributed by atoms with E-state index in [-0.39, 0.29) is 11.8 Å². The van der Waals surface area contributed by atoms with Gasteiger partial charge in [0, 0.05) is 46.8 Å². The lowest BCUT2D eigenvalue weighted by atomic mass is 10.3. The van der Waals surface area contributed by atoms with E-state index < -0.39 is 0 Å². The Bertz CT molecular complexity index is 572. The maximum absolute atomic E-state index is 12.3. The summed E-state index contributed by atoms with van der Waals surface area (Å²) in [6.07, 6.45) is 1.03. The van der Waals surface area contributed by atoms with E-state index in [1.807, 2.05) is 4.90 Å². The van der Waals surface area contributed by atoms with Gasteiger partial charge < -0.3 is 15.1 Å². The van der Waals surface area contributed by atoms with Gasteiger partial charge in [-0.2, -0.15) is 0 Å². The van der Waals surface area contributed by atoms with Crippen molar-refractivity contribution in [3.05, 3.63) is 0 Å². The average Bonchev–Trinajstić information content (AvgIpc) is 3.06. The lowest BCUT2D eigenvalue weighted by Gasteiger charge is -2.34. The minimum Gasteiger partial charge on any atom is -0.360 e. The fraction of sp³-hybridized carbons (Fsp3) is 0.733. The highest BCUT2D eigenvalue weighted by Crippen LogP contribution is 2.25. The molecule has 0 unspecified atom stereocenters. The quantitative estimate of drug-likeness (QED) is 0.658. The predicted octanol–water partition coefficient (Wildman–Crippen LogP) is 0.685. The van der Waals surface area contributed by atoms with Crippen molar-refractivity contribution in [1.82, 2.24) is 24.9 Å². The fourth-order valence-corrected chi connectivity index (χ4v) is 3.95. The Balaban J connectivity index is 1.70. The second-order valence-corrected chi connectivity index (χ2v) is 8.23. The van der Waals surface area contributed by atoms with Gasteiger partial charge in [0.05, 0.1) is 12.3 Å². The summed E-state index contributed by atoms with van der Waals surface area (Å²) in [5, 5.41) is 12.2. The molecule has 0 aliphatic carbocycles. The molecule has 8 nitrogen and oxygen atoms in total. The number of nitrogens with zero attached hydrogens (tertiary/aromatic N) is 5. The topological polar surface area (TPSA) is 81.7 Å². The number of hydrogen-bond donors (Lipinski definition) is 1. The number of piperazine rings is 1. The van der Waals surface area contributed by atoms with Gasteiger partial charge in [-0.1, -0.05) is 30.0 Å². The van der Waals surface area contributed by atoms with Crippen molar-refractivity contribution < 1.29 is 9.59 Å². The SMILES string of the molecule is CCCNc1nnc(SCC(=O)N2CCN(CC(=O)N(C)C)CC2)s1. The Hall–Kier alpha value is -1.39. The molecule has 1 N–H and O–H groups in total. The maximum Gasteiger partial charge on any atom is 0.236 e. The molecule has 1 fully saturated rings. The summed E-state index contributed by atoms with van der Waals surface area (Å²) >= 11 is 2.91. The van der Waals surface area contributed by atoms with E-state index in [4.69, 9.17) is 0 Å². The van der Waals surface area contributed by atoms with Crippen LogP contribution in [0.1, 0.15) is 13.3 Å². The Morgan fingerprint density at radius 2 is 1.96 bits per heavy atom. The van der Waals surface area contributed by atoms with Crippen LogP contribution in [-0.4, -0.2) is 95.8 Å². The zero-order valence-corrected chi connectivity index (χ0v) is 16.7. The number of amides is 2. The Morgan fingerprint density at radius 3 is 2.60 bits per heavy atom. The third-order valence-corrected chi connectivity index (χ3v) is 5.83. The van der Waals surface area contributed by atoms with Gasteiger partial charge >= 0.3 is 0 Å². The normalized spacial score (nSPS) is 15.2. The van der Waals surface area contributed by atoms with Crippen LogP contribution in [0.5, 0.6) is 0 Å². The number of thioether (sulfide) groups is 1. The molecule has 0 atom stereocenters. The average molecular weight is 387 g/mol. The van der Waals surface area contributed by atoms with Crippen LogP contribution in [0.2, 0.25) is 0 Å². The number of hydrogen-bond acceptors (Lipinski definition) is 8. The van der Waals surface area contributed by atoms with E-state index in [9.17, 15) is 9.59 Å². The van der Waals surface area contributed by atoms with Crippen molar-refractivity contribution in [2.75, 3.05) is 64.4 Å². The molecule has 1 aliphatic heterocycles. The maximum atomic E-state index is 12.3. The molecule has 2 rings (SSSR count). The Morgan fingerprint density at radius 1 is 1.24 bits per heavy atom. The van der Waals surface area contributed by atoms with Crippen molar-refractivity contribution in [1.29, 1.82) is 0 Å². The minimum atomic E-state index is 0.0964. The summed E-state index contributed by atoms with van der Waals surface area (Å²) in [6.45, 7) is 6.19. The number of carbonyl (C=O) groups is 2. The number of likely N-dealkylation sites (N-methyl/N-ethyl adjacent to an activating group) is 1. The van der Waals surface area contributed by atoms with Crippen LogP contribution < -0.4 is 5.32 Å². The molecule has 10 heteroatoms. The fourth-order valence-electron chi connectivity index (χ4n) is 2.27. The summed E-state index contributed by atoms with van der Waals surface area (Å²) < 4.78 is 0.808. The van der Waals surface area contributed by atoms with Crippen molar-refractivity contribution in [2.45, 2.75) is 17.7 Å². The smallest absolute Gasteiger partial charge is 0.236 e. The van der Waals surface area contributed by atoms with Gasteiger partial charge in [-0.3, -0.25) is 14.5 Å². The number of anilines is 1. The molecule has 1 saturated heterocycles. The molecular formula is C15H26N6O2S2. The third kappa shape index (κ3) is 6.44. The number of nitrogens with one attached hydrogen (secondary N) is 1. The molecular weight excluding hydrogens is 360 g/mol.